The van der Waals surface area contributed by atoms with Crippen molar-refractivity contribution in [2.24, 2.45) is 10.2 Å². The van der Waals surface area contributed by atoms with E-state index in [1.54, 1.807) is 50.2 Å². The van der Waals surface area contributed by atoms with Gasteiger partial charge in [0.25, 0.3) is 0 Å². The van der Waals surface area contributed by atoms with Crippen molar-refractivity contribution >= 4 is 46.4 Å². The Morgan fingerprint density at radius 1 is 0.710 bits per heavy atom. The number of benzene rings is 2. The van der Waals surface area contributed by atoms with Crippen molar-refractivity contribution in [2.45, 2.75) is 13.8 Å². The summed E-state index contributed by atoms with van der Waals surface area (Å²) in [6.45, 7) is 3.42. The molecule has 2 amide bonds. The van der Waals surface area contributed by atoms with Gasteiger partial charge in [-0.1, -0.05) is 59.6 Å². The Morgan fingerprint density at radius 3 is 1.48 bits per heavy atom. The van der Waals surface area contributed by atoms with Gasteiger partial charge in [-0.05, 0) is 38.1 Å². The summed E-state index contributed by atoms with van der Waals surface area (Å²) in [5.41, 5.74) is 7.18. The van der Waals surface area contributed by atoms with E-state index in [0.29, 0.717) is 32.6 Å². The average molecular weight is 457 g/mol. The number of furan rings is 1. The van der Waals surface area contributed by atoms with Crippen LogP contribution in [-0.4, -0.2) is 23.2 Å². The first kappa shape index (κ1) is 22.3. The molecule has 2 aromatic carbocycles. The number of amides is 2. The van der Waals surface area contributed by atoms with Crippen LogP contribution in [0.25, 0.3) is 0 Å². The van der Waals surface area contributed by atoms with E-state index in [2.05, 4.69) is 21.1 Å². The fraction of sp³-hybridized carbons (Fsp3) is 0.0909. The van der Waals surface area contributed by atoms with Crippen LogP contribution >= 0.6 is 23.2 Å². The SMILES string of the molecule is CC(=NNC(=O)c1ccc(C(=O)NN=C(C)c2ccccc2Cl)o1)c1ccccc1Cl. The van der Waals surface area contributed by atoms with Crippen LogP contribution in [-0.2, 0) is 0 Å². The van der Waals surface area contributed by atoms with E-state index in [1.807, 2.05) is 12.1 Å². The third-order valence-electron chi connectivity index (χ3n) is 4.23. The lowest BCUT2D eigenvalue weighted by Gasteiger charge is -2.04. The van der Waals surface area contributed by atoms with Gasteiger partial charge < -0.3 is 4.42 Å². The molecule has 0 bridgehead atoms. The van der Waals surface area contributed by atoms with Crippen LogP contribution in [0.15, 0.2) is 75.3 Å². The van der Waals surface area contributed by atoms with E-state index in [0.717, 1.165) is 0 Å². The molecule has 0 fully saturated rings. The quantitative estimate of drug-likeness (QED) is 0.407. The zero-order chi connectivity index (χ0) is 22.4. The van der Waals surface area contributed by atoms with Gasteiger partial charge in [0.2, 0.25) is 0 Å². The molecule has 0 unspecified atom stereocenters. The fourth-order valence-electron chi connectivity index (χ4n) is 2.59. The molecule has 3 aromatic rings. The molecular weight excluding hydrogens is 439 g/mol. The van der Waals surface area contributed by atoms with Gasteiger partial charge in [0.15, 0.2) is 11.5 Å². The van der Waals surface area contributed by atoms with E-state index in [-0.39, 0.29) is 11.5 Å². The van der Waals surface area contributed by atoms with E-state index in [1.165, 1.54) is 12.1 Å². The molecular formula is C22H18Cl2N4O3. The number of hydrogen-bond donors (Lipinski definition) is 2. The van der Waals surface area contributed by atoms with Gasteiger partial charge in [0, 0.05) is 21.2 Å². The van der Waals surface area contributed by atoms with E-state index < -0.39 is 11.8 Å². The molecule has 2 N–H and O–H groups in total. The normalized spacial score (nSPS) is 11.9. The van der Waals surface area contributed by atoms with Crippen molar-refractivity contribution in [3.63, 3.8) is 0 Å². The minimum Gasteiger partial charge on any atom is -0.446 e. The number of nitrogens with zero attached hydrogens (tertiary/aromatic N) is 2. The number of rotatable bonds is 6. The first-order valence-electron chi connectivity index (χ1n) is 9.15. The van der Waals surface area contributed by atoms with Crippen LogP contribution in [0.4, 0.5) is 0 Å². The number of hydrogen-bond acceptors (Lipinski definition) is 5. The smallest absolute Gasteiger partial charge is 0.307 e. The van der Waals surface area contributed by atoms with Crippen molar-refractivity contribution < 1.29 is 14.0 Å². The van der Waals surface area contributed by atoms with E-state index in [4.69, 9.17) is 27.6 Å². The van der Waals surface area contributed by atoms with Crippen LogP contribution in [0, 0.1) is 0 Å². The van der Waals surface area contributed by atoms with Crippen LogP contribution in [0.2, 0.25) is 10.0 Å². The van der Waals surface area contributed by atoms with Crippen molar-refractivity contribution in [3.05, 3.63) is 93.4 Å². The molecule has 7 nitrogen and oxygen atoms in total. The Labute approximate surface area is 188 Å². The van der Waals surface area contributed by atoms with Crippen LogP contribution < -0.4 is 10.9 Å². The van der Waals surface area contributed by atoms with Crippen molar-refractivity contribution in [2.75, 3.05) is 0 Å². The maximum atomic E-state index is 12.3. The topological polar surface area (TPSA) is 96.1 Å². The molecule has 0 aliphatic carbocycles. The molecule has 158 valence electrons. The average Bonchev–Trinajstić information content (AvgIpc) is 3.26. The van der Waals surface area contributed by atoms with E-state index >= 15 is 0 Å². The molecule has 0 saturated carbocycles. The Bertz CT molecular complexity index is 1090. The number of hydrazone groups is 2. The number of carbonyl (C=O) groups is 2. The summed E-state index contributed by atoms with van der Waals surface area (Å²) in [7, 11) is 0. The summed E-state index contributed by atoms with van der Waals surface area (Å²) in [5.74, 6) is -1.37. The number of carbonyl (C=O) groups excluding carboxylic acids is 2. The molecule has 9 heteroatoms. The van der Waals surface area contributed by atoms with Crippen molar-refractivity contribution in [3.8, 4) is 0 Å². The Morgan fingerprint density at radius 2 is 1.10 bits per heavy atom. The monoisotopic (exact) mass is 456 g/mol. The summed E-state index contributed by atoms with van der Waals surface area (Å²) < 4.78 is 5.32. The second-order valence-corrected chi connectivity index (χ2v) is 7.21. The summed E-state index contributed by atoms with van der Waals surface area (Å²) in [4.78, 5) is 24.5. The lowest BCUT2D eigenvalue weighted by Crippen LogP contribution is -2.20. The summed E-state index contributed by atoms with van der Waals surface area (Å²) in [6, 6.07) is 17.0. The lowest BCUT2D eigenvalue weighted by atomic mass is 10.1. The van der Waals surface area contributed by atoms with Gasteiger partial charge in [-0.3, -0.25) is 9.59 Å². The zero-order valence-corrected chi connectivity index (χ0v) is 18.2. The maximum Gasteiger partial charge on any atom is 0.307 e. The highest BCUT2D eigenvalue weighted by atomic mass is 35.5. The number of halogens is 2. The van der Waals surface area contributed by atoms with Crippen molar-refractivity contribution in [1.29, 1.82) is 0 Å². The van der Waals surface area contributed by atoms with Gasteiger partial charge in [0.05, 0.1) is 11.4 Å². The molecule has 1 heterocycles. The van der Waals surface area contributed by atoms with Gasteiger partial charge in [0.1, 0.15) is 0 Å². The fourth-order valence-corrected chi connectivity index (χ4v) is 3.14. The van der Waals surface area contributed by atoms with Crippen molar-refractivity contribution in [1.82, 2.24) is 10.9 Å². The van der Waals surface area contributed by atoms with Crippen LogP contribution in [0.1, 0.15) is 46.1 Å². The van der Waals surface area contributed by atoms with Gasteiger partial charge >= 0.3 is 11.8 Å². The highest BCUT2D eigenvalue weighted by molar-refractivity contribution is 6.34. The summed E-state index contributed by atoms with van der Waals surface area (Å²) in [6.07, 6.45) is 0. The second-order valence-electron chi connectivity index (χ2n) is 6.40. The highest BCUT2D eigenvalue weighted by Gasteiger charge is 2.16. The van der Waals surface area contributed by atoms with Crippen LogP contribution in [0.3, 0.4) is 0 Å². The zero-order valence-electron chi connectivity index (χ0n) is 16.6. The van der Waals surface area contributed by atoms with E-state index in [9.17, 15) is 9.59 Å². The largest absolute Gasteiger partial charge is 0.446 e. The predicted octanol–water partition coefficient (Wildman–Crippen LogP) is 4.89. The third-order valence-corrected chi connectivity index (χ3v) is 4.89. The molecule has 1 aromatic heterocycles. The first-order chi connectivity index (χ1) is 14.9. The Hall–Kier alpha value is -3.42. The van der Waals surface area contributed by atoms with Gasteiger partial charge in [-0.25, -0.2) is 10.9 Å². The van der Waals surface area contributed by atoms with Gasteiger partial charge in [-0.15, -0.1) is 0 Å². The standard InChI is InChI=1S/C22H18Cl2N4O3/c1-13(15-7-3-5-9-17(15)23)25-27-21(29)19-11-12-20(31-19)22(30)28-26-14(2)16-8-4-6-10-18(16)24/h3-12H,1-2H3,(H,27,29)(H,28,30). The first-order valence-corrected chi connectivity index (χ1v) is 9.91. The molecule has 0 saturated heterocycles. The highest BCUT2D eigenvalue weighted by Crippen LogP contribution is 2.17. The minimum atomic E-state index is -0.610. The third kappa shape index (κ3) is 5.59. The molecule has 0 aliphatic rings. The molecule has 0 atom stereocenters. The maximum absolute atomic E-state index is 12.3. The summed E-state index contributed by atoms with van der Waals surface area (Å²) >= 11 is 12.2. The summed E-state index contributed by atoms with van der Waals surface area (Å²) in [5, 5.41) is 9.08. The molecule has 0 aliphatic heterocycles. The minimum absolute atomic E-state index is 0.0762. The molecule has 0 spiro atoms. The Kier molecular flexibility index (Phi) is 7.23. The molecule has 31 heavy (non-hydrogen) atoms. The molecule has 3 rings (SSSR count). The predicted molar refractivity (Wildman–Crippen MR) is 121 cm³/mol. The molecule has 0 radical (unpaired) electrons. The van der Waals surface area contributed by atoms with Gasteiger partial charge in [-0.2, -0.15) is 10.2 Å². The lowest BCUT2D eigenvalue weighted by molar-refractivity contribution is 0.0902. The Balaban J connectivity index is 1.64. The second kappa shape index (κ2) is 10.1. The van der Waals surface area contributed by atoms with Crippen LogP contribution in [0.5, 0.6) is 0 Å². The number of nitrogens with one attached hydrogen (secondary N) is 2.